The number of unbranched alkanes of at least 4 members (excludes halogenated alkanes) is 4. The summed E-state index contributed by atoms with van der Waals surface area (Å²) in [4.78, 5) is 78.6. The third kappa shape index (κ3) is 16.6. The molecule has 0 aromatic heterocycles. The number of hydrogen-bond acceptors (Lipinski definition) is 14. The van der Waals surface area contributed by atoms with Gasteiger partial charge in [0.05, 0.1) is 44.3 Å². The van der Waals surface area contributed by atoms with Crippen molar-refractivity contribution in [1.29, 1.82) is 0 Å². The highest BCUT2D eigenvalue weighted by Gasteiger charge is 2.50. The Morgan fingerprint density at radius 1 is 0.592 bits per heavy atom. The summed E-state index contributed by atoms with van der Waals surface area (Å²) < 4.78 is 70.7. The van der Waals surface area contributed by atoms with Crippen LogP contribution in [0.4, 0.5) is 14.4 Å². The molecular weight excluding hydrogens is 973 g/mol. The van der Waals surface area contributed by atoms with Crippen molar-refractivity contribution < 1.29 is 72.6 Å². The zero-order valence-corrected chi connectivity index (χ0v) is 42.9. The second-order valence-electron chi connectivity index (χ2n) is 18.6. The van der Waals surface area contributed by atoms with Gasteiger partial charge in [-0.25, -0.2) is 22.8 Å². The Morgan fingerprint density at radius 2 is 0.930 bits per heavy atom. The van der Waals surface area contributed by atoms with Gasteiger partial charge in [0.2, 0.25) is 28.1 Å². The van der Waals surface area contributed by atoms with Gasteiger partial charge in [0.1, 0.15) is 24.7 Å². The van der Waals surface area contributed by atoms with Crippen molar-refractivity contribution in [2.45, 2.75) is 160 Å². The van der Waals surface area contributed by atoms with Crippen LogP contribution < -0.4 is 17.2 Å². The number of benzene rings is 1. The minimum absolute atomic E-state index is 0.0156. The monoisotopic (exact) mass is 1050 g/mol. The molecule has 1 aromatic rings. The molecule has 1 aromatic carbocycles. The highest BCUT2D eigenvalue weighted by Crippen LogP contribution is 2.33. The number of carbonyl (C=O) groups excluding carboxylic acids is 6. The van der Waals surface area contributed by atoms with Gasteiger partial charge in [0.15, 0.2) is 0 Å². The normalized spacial score (nSPS) is 23.7. The minimum Gasteiger partial charge on any atom is -0.724 e. The van der Waals surface area contributed by atoms with E-state index in [1.165, 1.54) is 92.0 Å². The van der Waals surface area contributed by atoms with E-state index in [0.29, 0.717) is 55.4 Å². The first-order valence-corrected chi connectivity index (χ1v) is 27.2. The molecule has 7 rings (SSSR count). The summed E-state index contributed by atoms with van der Waals surface area (Å²) >= 11 is 0. The fraction of sp³-hybridized carbons (Fsp3) is 0.727. The summed E-state index contributed by atoms with van der Waals surface area (Å²) in [6.07, 6.45) is 13.8. The number of carbonyl (C=O) groups is 6. The van der Waals surface area contributed by atoms with E-state index in [9.17, 15) is 50.2 Å². The lowest BCUT2D eigenvalue weighted by Gasteiger charge is -2.39. The SMILES string of the molecule is CCCC[N+](CCCC)(CCCC)CCCC.NC(=O)[C@@H]1CC[C@@H]2CN1C(=O)N2OCc1ccccc1.NC(=O)[C@@H]1CC[C@@H]2CN1C(=O)N2OS(=O)(=O)O.NC(=O)[C@@H]1CC[C@@H]2CN1C(=O)N2OS(=O)(=O)[O-]. The molecule has 25 nitrogen and oxygen atoms in total. The second-order valence-corrected chi connectivity index (χ2v) is 20.6. The quantitative estimate of drug-likeness (QED) is 0.0736. The van der Waals surface area contributed by atoms with Crippen LogP contribution in [0.1, 0.15) is 123 Å². The fourth-order valence-corrected chi connectivity index (χ4v) is 10.5. The standard InChI is InChI=1S/C16H36N.C14H17N3O3.2C7H11N3O6S/c1-5-9-13-17(14-10-6-2,15-11-7-3)16-12-8-4;15-13(18)12-7-6-11-8-16(12)14(19)17(11)20-9-10-4-2-1-3-5-10;2*8-6(11)5-2-1-4-3-9(5)7(12)10(4)16-17(13,14)15/h5-16H2,1-4H3;1-5,11-12H,6-9H2,(H2,15,18);2*4-5H,1-3H2,(H2,8,11)(H,13,14,15)/q+1;;;/p-1/t;11-,12+;2*4-,5+/m.111/s1. The summed E-state index contributed by atoms with van der Waals surface area (Å²) in [7, 11) is -9.76. The van der Waals surface area contributed by atoms with Gasteiger partial charge in [-0.15, -0.1) is 4.28 Å². The van der Waals surface area contributed by atoms with Crippen molar-refractivity contribution in [3.63, 3.8) is 0 Å². The number of quaternary nitrogens is 1. The van der Waals surface area contributed by atoms with Gasteiger partial charge in [-0.2, -0.15) is 27.9 Å². The Morgan fingerprint density at radius 3 is 1.25 bits per heavy atom. The molecule has 402 valence electrons. The third-order valence-electron chi connectivity index (χ3n) is 13.5. The number of hydrogen-bond donors (Lipinski definition) is 4. The first kappa shape index (κ1) is 58.7. The van der Waals surface area contributed by atoms with Gasteiger partial charge in [-0.05, 0) is 69.8 Å². The molecule has 6 aliphatic heterocycles. The molecule has 71 heavy (non-hydrogen) atoms. The molecule has 6 heterocycles. The lowest BCUT2D eigenvalue weighted by atomic mass is 10.0. The zero-order valence-electron chi connectivity index (χ0n) is 41.2. The number of nitrogens with two attached hydrogens (primary N) is 3. The van der Waals surface area contributed by atoms with E-state index >= 15 is 0 Å². The van der Waals surface area contributed by atoms with E-state index in [1.54, 1.807) is 0 Å². The van der Waals surface area contributed by atoms with E-state index < -0.39 is 80.8 Å². The number of fused-ring (bicyclic) bond motifs is 6. The molecule has 6 fully saturated rings. The average Bonchev–Trinajstić information content (AvgIpc) is 3.80. The van der Waals surface area contributed by atoms with Crippen LogP contribution in [0.25, 0.3) is 0 Å². The zero-order chi connectivity index (χ0) is 52.7. The van der Waals surface area contributed by atoms with Gasteiger partial charge >= 0.3 is 28.5 Å². The molecule has 0 unspecified atom stereocenters. The van der Waals surface area contributed by atoms with Gasteiger partial charge in [0, 0.05) is 19.6 Å². The van der Waals surface area contributed by atoms with Crippen LogP contribution in [-0.2, 0) is 55.2 Å². The van der Waals surface area contributed by atoms with Crippen LogP contribution >= 0.6 is 0 Å². The number of urea groups is 3. The highest BCUT2D eigenvalue weighted by molar-refractivity contribution is 7.81. The topological polar surface area (TPSA) is 339 Å². The maximum atomic E-state index is 12.2. The van der Waals surface area contributed by atoms with Crippen LogP contribution in [0.5, 0.6) is 0 Å². The van der Waals surface area contributed by atoms with E-state index in [2.05, 4.69) is 36.3 Å². The summed E-state index contributed by atoms with van der Waals surface area (Å²) in [6.45, 7) is 16.2. The molecule has 7 N–H and O–H groups in total. The van der Waals surface area contributed by atoms with Gasteiger partial charge in [0.25, 0.3) is 0 Å². The molecule has 0 radical (unpaired) electrons. The van der Waals surface area contributed by atoms with Crippen molar-refractivity contribution in [2.24, 2.45) is 17.2 Å². The molecule has 6 bridgehead atoms. The summed E-state index contributed by atoms with van der Waals surface area (Å²) in [5.74, 6) is -1.75. The van der Waals surface area contributed by atoms with E-state index in [-0.39, 0.29) is 25.2 Å². The number of amides is 9. The van der Waals surface area contributed by atoms with Crippen molar-refractivity contribution in [3.05, 3.63) is 35.9 Å². The molecule has 0 saturated carbocycles. The molecular formula is C44H74N10O15S2. The fourth-order valence-electron chi connectivity index (χ4n) is 9.71. The first-order valence-electron chi connectivity index (χ1n) is 24.5. The van der Waals surface area contributed by atoms with Crippen molar-refractivity contribution in [1.82, 2.24) is 29.9 Å². The van der Waals surface area contributed by atoms with Crippen molar-refractivity contribution in [2.75, 3.05) is 45.8 Å². The summed E-state index contributed by atoms with van der Waals surface area (Å²) in [5.41, 5.74) is 16.6. The minimum atomic E-state index is -5.00. The predicted octanol–water partition coefficient (Wildman–Crippen LogP) is 2.48. The molecule has 6 aliphatic rings. The Balaban J connectivity index is 0.000000206. The summed E-state index contributed by atoms with van der Waals surface area (Å²) in [5, 5.41) is 2.47. The van der Waals surface area contributed by atoms with E-state index in [1.807, 2.05) is 30.3 Å². The summed E-state index contributed by atoms with van der Waals surface area (Å²) in [6, 6.07) is 4.75. The average molecular weight is 1050 g/mol. The van der Waals surface area contributed by atoms with Gasteiger partial charge < -0.3 is 40.9 Å². The van der Waals surface area contributed by atoms with Gasteiger partial charge in [-0.1, -0.05) is 83.7 Å². The number of hydroxylamine groups is 6. The van der Waals surface area contributed by atoms with Crippen LogP contribution in [-0.4, -0.2) is 178 Å². The molecule has 0 spiro atoms. The van der Waals surface area contributed by atoms with Crippen LogP contribution in [0.2, 0.25) is 0 Å². The van der Waals surface area contributed by atoms with Crippen molar-refractivity contribution in [3.8, 4) is 0 Å². The van der Waals surface area contributed by atoms with Crippen LogP contribution in [0.15, 0.2) is 30.3 Å². The number of piperidine rings is 3. The predicted molar refractivity (Wildman–Crippen MR) is 254 cm³/mol. The number of primary amides is 3. The molecule has 0 aliphatic carbocycles. The molecule has 27 heteroatoms. The lowest BCUT2D eigenvalue weighted by molar-refractivity contribution is -0.929. The Labute approximate surface area is 417 Å². The number of nitrogens with zero attached hydrogens (tertiary/aromatic N) is 7. The number of rotatable bonds is 22. The molecule has 9 amide bonds. The first-order chi connectivity index (χ1) is 33.5. The van der Waals surface area contributed by atoms with Gasteiger partial charge in [-0.3, -0.25) is 23.8 Å². The highest BCUT2D eigenvalue weighted by atomic mass is 32.3. The smallest absolute Gasteiger partial charge is 0.418 e. The largest absolute Gasteiger partial charge is 0.724 e. The molecule has 6 atom stereocenters. The van der Waals surface area contributed by atoms with E-state index in [0.717, 1.165) is 21.8 Å². The Hall–Kier alpha value is -4.90. The Bertz CT molecular complexity index is 2070. The van der Waals surface area contributed by atoms with Crippen LogP contribution in [0.3, 0.4) is 0 Å². The third-order valence-corrected chi connectivity index (χ3v) is 14.1. The molecule has 6 saturated heterocycles. The van der Waals surface area contributed by atoms with Crippen LogP contribution in [0, 0.1) is 0 Å². The lowest BCUT2D eigenvalue weighted by Crippen LogP contribution is -2.50. The maximum Gasteiger partial charge on any atom is 0.418 e. The maximum absolute atomic E-state index is 12.2. The van der Waals surface area contributed by atoms with E-state index in [4.69, 9.17) is 26.6 Å². The second kappa shape index (κ2) is 26.7. The Kier molecular flexibility index (Phi) is 22.1. The van der Waals surface area contributed by atoms with Crippen molar-refractivity contribution >= 4 is 56.6 Å².